The summed E-state index contributed by atoms with van der Waals surface area (Å²) in [4.78, 5) is 0. The number of rotatable bonds is 3. The molecule has 0 aliphatic heterocycles. The van der Waals surface area contributed by atoms with Crippen molar-refractivity contribution in [1.82, 2.24) is 9.78 Å². The third-order valence-corrected chi connectivity index (χ3v) is 4.37. The van der Waals surface area contributed by atoms with Gasteiger partial charge in [-0.2, -0.15) is 5.10 Å². The summed E-state index contributed by atoms with van der Waals surface area (Å²) in [5.74, 6) is 0. The first-order chi connectivity index (χ1) is 9.15. The fraction of sp³-hybridized carbons (Fsp3) is 0.267. The summed E-state index contributed by atoms with van der Waals surface area (Å²) in [5.41, 5.74) is 3.01. The number of thiophene rings is 1. The molecule has 0 saturated carbocycles. The molecule has 4 heteroatoms. The van der Waals surface area contributed by atoms with E-state index in [9.17, 15) is 5.11 Å². The van der Waals surface area contributed by atoms with E-state index in [1.54, 1.807) is 16.0 Å². The number of aliphatic hydroxyl groups is 1. The van der Waals surface area contributed by atoms with Gasteiger partial charge in [0.2, 0.25) is 0 Å². The summed E-state index contributed by atoms with van der Waals surface area (Å²) in [6.45, 7) is 1.94. The van der Waals surface area contributed by atoms with Gasteiger partial charge in [-0.05, 0) is 35.4 Å². The standard InChI is InChI=1S/C15H16N2OS/c1-10-7-13(17(2)16-10)14(18)8-11-9-19-15-6-4-3-5-12(11)15/h3-7,9,14,18H,8H2,1-2H3. The zero-order valence-electron chi connectivity index (χ0n) is 11.0. The van der Waals surface area contributed by atoms with Crippen LogP contribution in [0.25, 0.3) is 10.1 Å². The van der Waals surface area contributed by atoms with Crippen molar-refractivity contribution >= 4 is 21.4 Å². The number of aliphatic hydroxyl groups excluding tert-OH is 1. The molecule has 1 N–H and O–H groups in total. The predicted molar refractivity (Wildman–Crippen MR) is 78.4 cm³/mol. The molecule has 3 rings (SSSR count). The maximum Gasteiger partial charge on any atom is 0.0997 e. The van der Waals surface area contributed by atoms with Crippen molar-refractivity contribution < 1.29 is 5.11 Å². The van der Waals surface area contributed by atoms with E-state index in [4.69, 9.17) is 0 Å². The predicted octanol–water partition coefficient (Wildman–Crippen LogP) is 3.22. The van der Waals surface area contributed by atoms with Crippen LogP contribution in [0.3, 0.4) is 0 Å². The Morgan fingerprint density at radius 1 is 1.37 bits per heavy atom. The maximum atomic E-state index is 10.4. The number of fused-ring (bicyclic) bond motifs is 1. The third kappa shape index (κ3) is 2.29. The Hall–Kier alpha value is -1.65. The van der Waals surface area contributed by atoms with Crippen LogP contribution in [0.15, 0.2) is 35.7 Å². The van der Waals surface area contributed by atoms with Crippen molar-refractivity contribution in [3.63, 3.8) is 0 Å². The minimum absolute atomic E-state index is 0.510. The van der Waals surface area contributed by atoms with Gasteiger partial charge >= 0.3 is 0 Å². The molecular formula is C15H16N2OS. The summed E-state index contributed by atoms with van der Waals surface area (Å²) in [7, 11) is 1.87. The van der Waals surface area contributed by atoms with Crippen LogP contribution in [-0.4, -0.2) is 14.9 Å². The monoisotopic (exact) mass is 272 g/mol. The normalized spacial score (nSPS) is 13.0. The smallest absolute Gasteiger partial charge is 0.0997 e. The Bertz CT molecular complexity index is 714. The quantitative estimate of drug-likeness (QED) is 0.795. The van der Waals surface area contributed by atoms with Gasteiger partial charge in [0.25, 0.3) is 0 Å². The summed E-state index contributed by atoms with van der Waals surface area (Å²) >= 11 is 1.73. The Morgan fingerprint density at radius 2 is 2.16 bits per heavy atom. The summed E-state index contributed by atoms with van der Waals surface area (Å²) in [6.07, 6.45) is 0.118. The van der Waals surface area contributed by atoms with Crippen molar-refractivity contribution in [3.05, 3.63) is 52.7 Å². The molecule has 98 valence electrons. The second kappa shape index (κ2) is 4.79. The van der Waals surface area contributed by atoms with Crippen molar-refractivity contribution in [2.45, 2.75) is 19.4 Å². The fourth-order valence-corrected chi connectivity index (χ4v) is 3.42. The highest BCUT2D eigenvalue weighted by Gasteiger charge is 2.15. The third-order valence-electron chi connectivity index (χ3n) is 3.35. The largest absolute Gasteiger partial charge is 0.386 e. The highest BCUT2D eigenvalue weighted by molar-refractivity contribution is 7.17. The average Bonchev–Trinajstić information content (AvgIpc) is 2.94. The van der Waals surface area contributed by atoms with Crippen LogP contribution >= 0.6 is 11.3 Å². The summed E-state index contributed by atoms with van der Waals surface area (Å²) < 4.78 is 3.03. The SMILES string of the molecule is Cc1cc(C(O)Cc2csc3ccccc23)n(C)n1. The molecule has 3 aromatic rings. The van der Waals surface area contributed by atoms with Gasteiger partial charge < -0.3 is 5.11 Å². The molecule has 2 heterocycles. The highest BCUT2D eigenvalue weighted by atomic mass is 32.1. The molecule has 0 amide bonds. The molecule has 0 aliphatic rings. The Balaban J connectivity index is 1.91. The van der Waals surface area contributed by atoms with Gasteiger partial charge in [0.1, 0.15) is 0 Å². The van der Waals surface area contributed by atoms with Gasteiger partial charge in [-0.15, -0.1) is 11.3 Å². The first kappa shape index (κ1) is 12.4. The van der Waals surface area contributed by atoms with Crippen molar-refractivity contribution in [3.8, 4) is 0 Å². The van der Waals surface area contributed by atoms with E-state index >= 15 is 0 Å². The van der Waals surface area contributed by atoms with E-state index in [0.29, 0.717) is 6.42 Å². The van der Waals surface area contributed by atoms with Crippen molar-refractivity contribution in [1.29, 1.82) is 0 Å². The minimum atomic E-state index is -0.510. The highest BCUT2D eigenvalue weighted by Crippen LogP contribution is 2.29. The molecule has 1 atom stereocenters. The van der Waals surface area contributed by atoms with Gasteiger partial charge in [0.15, 0.2) is 0 Å². The van der Waals surface area contributed by atoms with E-state index in [0.717, 1.165) is 11.4 Å². The lowest BCUT2D eigenvalue weighted by atomic mass is 10.0. The topological polar surface area (TPSA) is 38.0 Å². The van der Waals surface area contributed by atoms with Crippen LogP contribution in [0.2, 0.25) is 0 Å². The summed E-state index contributed by atoms with van der Waals surface area (Å²) in [6, 6.07) is 10.3. The molecule has 0 bridgehead atoms. The molecular weight excluding hydrogens is 256 g/mol. The van der Waals surface area contributed by atoms with Gasteiger partial charge in [-0.3, -0.25) is 4.68 Å². The van der Waals surface area contributed by atoms with E-state index in [2.05, 4.69) is 22.6 Å². The van der Waals surface area contributed by atoms with Gasteiger partial charge in [0.05, 0.1) is 17.5 Å². The number of aromatic nitrogens is 2. The minimum Gasteiger partial charge on any atom is -0.386 e. The zero-order valence-corrected chi connectivity index (χ0v) is 11.8. The Kier molecular flexibility index (Phi) is 3.12. The van der Waals surface area contributed by atoms with Crippen LogP contribution in [0.4, 0.5) is 0 Å². The molecule has 2 aromatic heterocycles. The number of hydrogen-bond donors (Lipinski definition) is 1. The average molecular weight is 272 g/mol. The molecule has 19 heavy (non-hydrogen) atoms. The lowest BCUT2D eigenvalue weighted by molar-refractivity contribution is 0.169. The zero-order chi connectivity index (χ0) is 13.4. The molecule has 0 spiro atoms. The van der Waals surface area contributed by atoms with Crippen LogP contribution in [0.1, 0.15) is 23.1 Å². The van der Waals surface area contributed by atoms with Gasteiger partial charge in [-0.1, -0.05) is 18.2 Å². The molecule has 0 aliphatic carbocycles. The molecule has 0 radical (unpaired) electrons. The summed E-state index contributed by atoms with van der Waals surface area (Å²) in [5, 5.41) is 18.0. The molecule has 0 fully saturated rings. The van der Waals surface area contributed by atoms with E-state index in [-0.39, 0.29) is 0 Å². The van der Waals surface area contributed by atoms with Crippen LogP contribution < -0.4 is 0 Å². The number of nitrogens with zero attached hydrogens (tertiary/aromatic N) is 2. The fourth-order valence-electron chi connectivity index (χ4n) is 2.45. The number of hydrogen-bond acceptors (Lipinski definition) is 3. The van der Waals surface area contributed by atoms with Crippen LogP contribution in [0, 0.1) is 6.92 Å². The van der Waals surface area contributed by atoms with Crippen LogP contribution in [0.5, 0.6) is 0 Å². The van der Waals surface area contributed by atoms with E-state index in [1.807, 2.05) is 32.2 Å². The van der Waals surface area contributed by atoms with E-state index in [1.165, 1.54) is 15.6 Å². The number of benzene rings is 1. The molecule has 0 saturated heterocycles. The Morgan fingerprint density at radius 3 is 2.89 bits per heavy atom. The number of aryl methyl sites for hydroxylation is 2. The molecule has 1 unspecified atom stereocenters. The van der Waals surface area contributed by atoms with Gasteiger partial charge in [0, 0.05) is 18.2 Å². The lowest BCUT2D eigenvalue weighted by Crippen LogP contribution is -2.07. The second-order valence-corrected chi connectivity index (χ2v) is 5.72. The van der Waals surface area contributed by atoms with E-state index < -0.39 is 6.10 Å². The lowest BCUT2D eigenvalue weighted by Gasteiger charge is -2.10. The first-order valence-electron chi connectivity index (χ1n) is 6.29. The first-order valence-corrected chi connectivity index (χ1v) is 7.17. The van der Waals surface area contributed by atoms with Crippen LogP contribution in [-0.2, 0) is 13.5 Å². The van der Waals surface area contributed by atoms with Gasteiger partial charge in [-0.25, -0.2) is 0 Å². The second-order valence-electron chi connectivity index (χ2n) is 4.81. The Labute approximate surface area is 116 Å². The molecule has 1 aromatic carbocycles. The molecule has 3 nitrogen and oxygen atoms in total. The maximum absolute atomic E-state index is 10.4. The van der Waals surface area contributed by atoms with Crippen molar-refractivity contribution in [2.24, 2.45) is 7.05 Å². The van der Waals surface area contributed by atoms with Crippen molar-refractivity contribution in [2.75, 3.05) is 0 Å².